The number of aromatic nitrogens is 1. The molecule has 8 nitrogen and oxygen atoms in total. The second kappa shape index (κ2) is 13.3. The van der Waals surface area contributed by atoms with E-state index >= 15 is 0 Å². The number of aryl methyl sites for hydroxylation is 1. The summed E-state index contributed by atoms with van der Waals surface area (Å²) in [6, 6.07) is 5.10. The highest BCUT2D eigenvalue weighted by atomic mass is 127. The van der Waals surface area contributed by atoms with E-state index in [0.29, 0.717) is 25.9 Å². The lowest BCUT2D eigenvalue weighted by Gasteiger charge is -2.29. The summed E-state index contributed by atoms with van der Waals surface area (Å²) < 4.78 is 5.55. The van der Waals surface area contributed by atoms with Crippen LogP contribution in [-0.4, -0.2) is 52.3 Å². The number of nitrogens with one attached hydrogen (secondary N) is 2. The van der Waals surface area contributed by atoms with Gasteiger partial charge < -0.3 is 18.6 Å². The standard InChI is InChI=1S/C30H41IN4O4S/c1-6-7-8-24(34-27(36)19-9-10-19)29(38)35-16-22(39-31)14-25(35)28(37)32-15-21-12-11-20(13-23(21)30(3,4)5)26-18(2)33-17-40-26/h11-13,17,19,22,24-25H,6-10,14-16H2,1-5H3,(H,32,37)(H,34,36). The minimum absolute atomic E-state index is 0.0171. The molecule has 1 saturated heterocycles. The van der Waals surface area contributed by atoms with Crippen LogP contribution in [0.4, 0.5) is 0 Å². The number of unbranched alkanes of at least 4 members (excludes halogenated alkanes) is 1. The van der Waals surface area contributed by atoms with Gasteiger partial charge in [0.1, 0.15) is 35.1 Å². The van der Waals surface area contributed by atoms with Gasteiger partial charge in [-0.2, -0.15) is 0 Å². The molecule has 3 amide bonds. The summed E-state index contributed by atoms with van der Waals surface area (Å²) in [5, 5.41) is 6.09. The van der Waals surface area contributed by atoms with E-state index in [1.165, 1.54) is 0 Å². The number of carbonyl (C=O) groups excluding carboxylic acids is 3. The van der Waals surface area contributed by atoms with Gasteiger partial charge in [0.05, 0.1) is 22.2 Å². The zero-order valence-electron chi connectivity index (χ0n) is 24.1. The first-order valence-corrected chi connectivity index (χ1v) is 16.0. The molecule has 1 aliphatic carbocycles. The lowest BCUT2D eigenvalue weighted by Crippen LogP contribution is -2.53. The van der Waals surface area contributed by atoms with E-state index < -0.39 is 12.1 Å². The Balaban J connectivity index is 1.50. The third kappa shape index (κ3) is 7.42. The number of rotatable bonds is 11. The third-order valence-corrected chi connectivity index (χ3v) is 9.46. The smallest absolute Gasteiger partial charge is 0.245 e. The van der Waals surface area contributed by atoms with E-state index in [4.69, 9.17) is 3.07 Å². The number of hydrogen-bond donors (Lipinski definition) is 2. The van der Waals surface area contributed by atoms with E-state index in [1.807, 2.05) is 35.4 Å². The molecule has 4 rings (SSSR count). The molecule has 1 aliphatic heterocycles. The molecule has 10 heteroatoms. The van der Waals surface area contributed by atoms with Crippen LogP contribution in [0.2, 0.25) is 0 Å². The van der Waals surface area contributed by atoms with E-state index in [0.717, 1.165) is 52.9 Å². The van der Waals surface area contributed by atoms with Crippen molar-refractivity contribution in [3.63, 3.8) is 0 Å². The molecule has 1 saturated carbocycles. The van der Waals surface area contributed by atoms with Crippen molar-refractivity contribution < 1.29 is 17.4 Å². The highest BCUT2D eigenvalue weighted by molar-refractivity contribution is 14.1. The highest BCUT2D eigenvalue weighted by Gasteiger charge is 2.43. The number of nitrogens with zero attached hydrogens (tertiary/aromatic N) is 2. The van der Waals surface area contributed by atoms with E-state index in [9.17, 15) is 14.4 Å². The lowest BCUT2D eigenvalue weighted by molar-refractivity contribution is -0.141. The Morgan fingerprint density at radius 2 is 1.98 bits per heavy atom. The number of likely N-dealkylation sites (tertiary alicyclic amines) is 1. The minimum atomic E-state index is -0.647. The van der Waals surface area contributed by atoms with Gasteiger partial charge in [0, 0.05) is 25.4 Å². The van der Waals surface area contributed by atoms with Crippen LogP contribution < -0.4 is 10.6 Å². The summed E-state index contributed by atoms with van der Waals surface area (Å²) in [5.41, 5.74) is 6.07. The summed E-state index contributed by atoms with van der Waals surface area (Å²) in [5.74, 6) is -0.432. The monoisotopic (exact) mass is 680 g/mol. The van der Waals surface area contributed by atoms with Crippen LogP contribution in [0.5, 0.6) is 0 Å². The summed E-state index contributed by atoms with van der Waals surface area (Å²) in [7, 11) is 0. The van der Waals surface area contributed by atoms with Gasteiger partial charge in [-0.05, 0) is 54.4 Å². The minimum Gasteiger partial charge on any atom is -0.350 e. The average Bonchev–Trinajstić information content (AvgIpc) is 3.55. The number of amides is 3. The normalized spacial score (nSPS) is 19.9. The largest absolute Gasteiger partial charge is 0.350 e. The Morgan fingerprint density at radius 1 is 1.23 bits per heavy atom. The molecule has 2 fully saturated rings. The fourth-order valence-corrected chi connectivity index (χ4v) is 6.48. The van der Waals surface area contributed by atoms with Crippen LogP contribution in [0.25, 0.3) is 10.4 Å². The van der Waals surface area contributed by atoms with Crippen LogP contribution in [-0.2, 0) is 29.4 Å². The maximum Gasteiger partial charge on any atom is 0.245 e. The van der Waals surface area contributed by atoms with Gasteiger partial charge in [-0.1, -0.05) is 52.7 Å². The van der Waals surface area contributed by atoms with Crippen molar-refractivity contribution >= 4 is 52.1 Å². The molecular formula is C30H41IN4O4S. The molecule has 2 aliphatic rings. The summed E-state index contributed by atoms with van der Waals surface area (Å²) in [6.07, 6.45) is 4.25. The molecule has 40 heavy (non-hydrogen) atoms. The summed E-state index contributed by atoms with van der Waals surface area (Å²) in [6.45, 7) is 11.3. The van der Waals surface area contributed by atoms with Crippen LogP contribution in [0.3, 0.4) is 0 Å². The van der Waals surface area contributed by atoms with Gasteiger partial charge in [-0.15, -0.1) is 11.3 Å². The van der Waals surface area contributed by atoms with Crippen LogP contribution in [0.1, 0.15) is 83.0 Å². The fourth-order valence-electron chi connectivity index (χ4n) is 5.30. The molecule has 0 radical (unpaired) electrons. The Kier molecular flexibility index (Phi) is 10.3. The van der Waals surface area contributed by atoms with Gasteiger partial charge in [0.2, 0.25) is 17.7 Å². The first kappa shape index (κ1) is 30.9. The van der Waals surface area contributed by atoms with Crippen molar-refractivity contribution in [3.8, 4) is 10.4 Å². The van der Waals surface area contributed by atoms with E-state index in [1.54, 1.807) is 16.2 Å². The maximum atomic E-state index is 13.7. The first-order valence-electron chi connectivity index (χ1n) is 14.2. The molecule has 2 aromatic rings. The number of halogens is 1. The van der Waals surface area contributed by atoms with Gasteiger partial charge in [-0.3, -0.25) is 14.4 Å². The predicted octanol–water partition coefficient (Wildman–Crippen LogP) is 5.45. The van der Waals surface area contributed by atoms with Gasteiger partial charge in [0.25, 0.3) is 0 Å². The zero-order chi connectivity index (χ0) is 29.0. The fraction of sp³-hybridized carbons (Fsp3) is 0.600. The average molecular weight is 681 g/mol. The predicted molar refractivity (Wildman–Crippen MR) is 166 cm³/mol. The first-order chi connectivity index (χ1) is 19.0. The van der Waals surface area contributed by atoms with Gasteiger partial charge in [0.15, 0.2) is 0 Å². The van der Waals surface area contributed by atoms with E-state index in [2.05, 4.69) is 61.5 Å². The van der Waals surface area contributed by atoms with Crippen LogP contribution in [0.15, 0.2) is 23.7 Å². The molecule has 2 heterocycles. The van der Waals surface area contributed by atoms with Crippen molar-refractivity contribution in [2.45, 2.75) is 103 Å². The summed E-state index contributed by atoms with van der Waals surface area (Å²) >= 11 is 3.47. The number of carbonyl (C=O) groups is 3. The molecule has 218 valence electrons. The second-order valence-corrected chi connectivity index (χ2v) is 13.4. The quantitative estimate of drug-likeness (QED) is 0.308. The number of thiazole rings is 1. The molecule has 3 unspecified atom stereocenters. The summed E-state index contributed by atoms with van der Waals surface area (Å²) in [4.78, 5) is 47.0. The SMILES string of the molecule is CCCCC(NC(=O)C1CC1)C(=O)N1CC(OI)CC1C(=O)NCc1ccc(-c2scnc2C)cc1C(C)(C)C. The Bertz CT molecular complexity index is 1220. The van der Waals surface area contributed by atoms with Crippen molar-refractivity contribution in [3.05, 3.63) is 40.5 Å². The van der Waals surface area contributed by atoms with Crippen molar-refractivity contribution in [2.24, 2.45) is 5.92 Å². The maximum absolute atomic E-state index is 13.7. The molecule has 0 bridgehead atoms. The third-order valence-electron chi connectivity index (χ3n) is 7.76. The van der Waals surface area contributed by atoms with Crippen molar-refractivity contribution in [1.29, 1.82) is 0 Å². The topological polar surface area (TPSA) is 101 Å². The van der Waals surface area contributed by atoms with Crippen molar-refractivity contribution in [1.82, 2.24) is 20.5 Å². The van der Waals surface area contributed by atoms with Crippen LogP contribution in [0, 0.1) is 12.8 Å². The van der Waals surface area contributed by atoms with Crippen molar-refractivity contribution in [2.75, 3.05) is 6.54 Å². The molecule has 0 spiro atoms. The number of hydrogen-bond acceptors (Lipinski definition) is 6. The van der Waals surface area contributed by atoms with Gasteiger partial charge >= 0.3 is 0 Å². The molecule has 1 aromatic heterocycles. The highest BCUT2D eigenvalue weighted by Crippen LogP contribution is 2.34. The zero-order valence-corrected chi connectivity index (χ0v) is 27.1. The Labute approximate surface area is 255 Å². The van der Waals surface area contributed by atoms with Gasteiger partial charge in [-0.25, -0.2) is 4.98 Å². The molecule has 1 aromatic carbocycles. The Hall–Kier alpha value is -2.05. The second-order valence-electron chi connectivity index (χ2n) is 12.0. The number of benzene rings is 1. The Morgan fingerprint density at radius 3 is 2.58 bits per heavy atom. The molecule has 3 atom stereocenters. The molecule has 2 N–H and O–H groups in total. The molecular weight excluding hydrogens is 639 g/mol. The van der Waals surface area contributed by atoms with E-state index in [-0.39, 0.29) is 35.2 Å². The van der Waals surface area contributed by atoms with Crippen LogP contribution >= 0.6 is 34.3 Å². The lowest BCUT2D eigenvalue weighted by atomic mass is 9.82.